The first-order chi connectivity index (χ1) is 16.5. The SMILES string of the molecule is CCc1sc(-n2cccc2)c(CNC(=O)Nc2sc3c(c2C=O)CCCC3)c1CCCC(C)C. The van der Waals surface area contributed by atoms with Gasteiger partial charge in [0.25, 0.3) is 0 Å². The van der Waals surface area contributed by atoms with Crippen molar-refractivity contribution < 1.29 is 9.59 Å². The van der Waals surface area contributed by atoms with Crippen LogP contribution in [0.5, 0.6) is 0 Å². The molecule has 0 atom stereocenters. The molecule has 182 valence electrons. The molecule has 1 aliphatic carbocycles. The number of hydrogen-bond donors (Lipinski definition) is 2. The summed E-state index contributed by atoms with van der Waals surface area (Å²) in [6.07, 6.45) is 13.6. The van der Waals surface area contributed by atoms with E-state index >= 15 is 0 Å². The normalized spacial score (nSPS) is 13.2. The lowest BCUT2D eigenvalue weighted by atomic mass is 9.96. The quantitative estimate of drug-likeness (QED) is 0.292. The highest BCUT2D eigenvalue weighted by Gasteiger charge is 2.22. The van der Waals surface area contributed by atoms with Crippen molar-refractivity contribution in [2.45, 2.75) is 78.7 Å². The molecule has 5 nitrogen and oxygen atoms in total. The summed E-state index contributed by atoms with van der Waals surface area (Å²) in [5.74, 6) is 0.684. The van der Waals surface area contributed by atoms with Crippen LogP contribution in [0, 0.1) is 5.92 Å². The Morgan fingerprint density at radius 2 is 1.91 bits per heavy atom. The Balaban J connectivity index is 1.53. The molecule has 0 radical (unpaired) electrons. The van der Waals surface area contributed by atoms with Gasteiger partial charge in [-0.2, -0.15) is 0 Å². The van der Waals surface area contributed by atoms with Gasteiger partial charge >= 0.3 is 6.03 Å². The van der Waals surface area contributed by atoms with Crippen molar-refractivity contribution in [3.05, 3.63) is 56.5 Å². The van der Waals surface area contributed by atoms with Gasteiger partial charge in [0.2, 0.25) is 0 Å². The number of carbonyl (C=O) groups excluding carboxylic acids is 2. The maximum absolute atomic E-state index is 12.9. The lowest BCUT2D eigenvalue weighted by Gasteiger charge is -2.12. The highest BCUT2D eigenvalue weighted by molar-refractivity contribution is 7.17. The molecule has 7 heteroatoms. The van der Waals surface area contributed by atoms with Gasteiger partial charge in [0.1, 0.15) is 10.0 Å². The minimum Gasteiger partial charge on any atom is -0.334 e. The van der Waals surface area contributed by atoms with Crippen LogP contribution < -0.4 is 10.6 Å². The lowest BCUT2D eigenvalue weighted by molar-refractivity contribution is 0.112. The number of hydrogen-bond acceptors (Lipinski definition) is 4. The number of aromatic nitrogens is 1. The summed E-state index contributed by atoms with van der Waals surface area (Å²) in [6, 6.07) is 3.82. The van der Waals surface area contributed by atoms with Crippen LogP contribution in [0.25, 0.3) is 5.00 Å². The minimum atomic E-state index is -0.252. The number of fused-ring (bicyclic) bond motifs is 1. The number of amides is 2. The predicted octanol–water partition coefficient (Wildman–Crippen LogP) is 7.15. The molecule has 2 N–H and O–H groups in total. The second-order valence-electron chi connectivity index (χ2n) is 9.40. The van der Waals surface area contributed by atoms with E-state index in [4.69, 9.17) is 0 Å². The third-order valence-corrected chi connectivity index (χ3v) is 9.19. The minimum absolute atomic E-state index is 0.252. The van der Waals surface area contributed by atoms with Gasteiger partial charge < -0.3 is 9.88 Å². The molecule has 0 spiro atoms. The van der Waals surface area contributed by atoms with Crippen molar-refractivity contribution in [2.75, 3.05) is 5.32 Å². The molecule has 0 bridgehead atoms. The third-order valence-electron chi connectivity index (χ3n) is 6.53. The van der Waals surface area contributed by atoms with Crippen molar-refractivity contribution in [1.82, 2.24) is 9.88 Å². The van der Waals surface area contributed by atoms with E-state index in [2.05, 4.69) is 48.4 Å². The monoisotopic (exact) mass is 497 g/mol. The van der Waals surface area contributed by atoms with Gasteiger partial charge in [-0.3, -0.25) is 10.1 Å². The molecule has 3 aromatic rings. The molecule has 0 saturated heterocycles. The van der Waals surface area contributed by atoms with Crippen molar-refractivity contribution in [1.29, 1.82) is 0 Å². The lowest BCUT2D eigenvalue weighted by Crippen LogP contribution is -2.28. The van der Waals surface area contributed by atoms with Crippen LogP contribution in [0.15, 0.2) is 24.5 Å². The topological polar surface area (TPSA) is 63.1 Å². The number of carbonyl (C=O) groups is 2. The van der Waals surface area contributed by atoms with Gasteiger partial charge in [0, 0.05) is 34.3 Å². The van der Waals surface area contributed by atoms with E-state index in [0.717, 1.165) is 56.8 Å². The molecule has 2 amide bonds. The Bertz CT molecular complexity index is 1130. The van der Waals surface area contributed by atoms with E-state index in [1.807, 2.05) is 23.5 Å². The van der Waals surface area contributed by atoms with Gasteiger partial charge in [-0.25, -0.2) is 4.79 Å². The maximum Gasteiger partial charge on any atom is 0.320 e. The Morgan fingerprint density at radius 3 is 2.62 bits per heavy atom. The number of nitrogens with zero attached hydrogens (tertiary/aromatic N) is 1. The first kappa shape index (κ1) is 24.7. The van der Waals surface area contributed by atoms with Gasteiger partial charge in [0.05, 0.1) is 5.56 Å². The summed E-state index contributed by atoms with van der Waals surface area (Å²) in [7, 11) is 0. The molecular weight excluding hydrogens is 462 g/mol. The van der Waals surface area contributed by atoms with Crippen LogP contribution in [0.3, 0.4) is 0 Å². The number of aldehydes is 1. The van der Waals surface area contributed by atoms with E-state index in [1.54, 1.807) is 11.3 Å². The third kappa shape index (κ3) is 5.47. The number of thiophene rings is 2. The van der Waals surface area contributed by atoms with Gasteiger partial charge in [0.15, 0.2) is 6.29 Å². The molecule has 3 aromatic heterocycles. The van der Waals surface area contributed by atoms with Gasteiger partial charge in [-0.1, -0.05) is 27.2 Å². The largest absolute Gasteiger partial charge is 0.334 e. The van der Waals surface area contributed by atoms with Crippen molar-refractivity contribution >= 4 is 40.0 Å². The molecule has 0 unspecified atom stereocenters. The average Bonchev–Trinajstić information content (AvgIpc) is 3.54. The summed E-state index contributed by atoms with van der Waals surface area (Å²) >= 11 is 3.39. The summed E-state index contributed by atoms with van der Waals surface area (Å²) in [5, 5.41) is 7.93. The van der Waals surface area contributed by atoms with Crippen LogP contribution in [-0.4, -0.2) is 16.9 Å². The van der Waals surface area contributed by atoms with Crippen LogP contribution in [0.4, 0.5) is 9.80 Å². The van der Waals surface area contributed by atoms with Crippen molar-refractivity contribution in [3.8, 4) is 5.00 Å². The Labute approximate surface area is 210 Å². The molecule has 0 aliphatic heterocycles. The van der Waals surface area contributed by atoms with Crippen LogP contribution >= 0.6 is 22.7 Å². The first-order valence-electron chi connectivity index (χ1n) is 12.4. The Hall–Kier alpha value is -2.38. The second kappa shape index (κ2) is 11.4. The van der Waals surface area contributed by atoms with Crippen LogP contribution in [0.2, 0.25) is 0 Å². The highest BCUT2D eigenvalue weighted by Crippen LogP contribution is 2.37. The summed E-state index contributed by atoms with van der Waals surface area (Å²) in [5.41, 5.74) is 4.39. The zero-order chi connectivity index (χ0) is 24.1. The van der Waals surface area contributed by atoms with Crippen LogP contribution in [0.1, 0.15) is 83.3 Å². The number of nitrogens with one attached hydrogen (secondary N) is 2. The number of rotatable bonds is 10. The zero-order valence-electron chi connectivity index (χ0n) is 20.4. The molecule has 0 fully saturated rings. The smallest absolute Gasteiger partial charge is 0.320 e. The molecule has 0 saturated carbocycles. The highest BCUT2D eigenvalue weighted by atomic mass is 32.1. The molecule has 3 heterocycles. The summed E-state index contributed by atoms with van der Waals surface area (Å²) in [6.45, 7) is 7.21. The fourth-order valence-electron chi connectivity index (χ4n) is 4.78. The fourth-order valence-corrected chi connectivity index (χ4v) is 7.31. The van der Waals surface area contributed by atoms with Crippen LogP contribution in [-0.2, 0) is 32.2 Å². The number of urea groups is 1. The Morgan fingerprint density at radius 1 is 1.15 bits per heavy atom. The van der Waals surface area contributed by atoms with E-state index < -0.39 is 0 Å². The summed E-state index contributed by atoms with van der Waals surface area (Å²) < 4.78 is 2.16. The predicted molar refractivity (Wildman–Crippen MR) is 143 cm³/mol. The van der Waals surface area contributed by atoms with E-state index in [1.165, 1.54) is 32.3 Å². The van der Waals surface area contributed by atoms with Crippen molar-refractivity contribution in [2.24, 2.45) is 5.92 Å². The average molecular weight is 498 g/mol. The standard InChI is InChI=1S/C27H35N3O2S2/c1-4-23-19(12-9-10-18(2)3)21(26(34-23)30-14-7-8-15-30)16-28-27(32)29-25-22(17-31)20-11-5-6-13-24(20)33-25/h7-8,14-15,17-18H,4-6,9-13,16H2,1-3H3,(H2,28,29,32). The first-order valence-corrected chi connectivity index (χ1v) is 14.1. The van der Waals surface area contributed by atoms with E-state index in [9.17, 15) is 9.59 Å². The molecule has 34 heavy (non-hydrogen) atoms. The Kier molecular flexibility index (Phi) is 8.27. The number of aryl methyl sites for hydroxylation is 2. The maximum atomic E-state index is 12.9. The second-order valence-corrected chi connectivity index (χ2v) is 11.6. The molecule has 4 rings (SSSR count). The van der Waals surface area contributed by atoms with Gasteiger partial charge in [-0.05, 0) is 74.1 Å². The van der Waals surface area contributed by atoms with Gasteiger partial charge in [-0.15, -0.1) is 22.7 Å². The zero-order valence-corrected chi connectivity index (χ0v) is 22.0. The molecule has 1 aliphatic rings. The fraction of sp³-hybridized carbons (Fsp3) is 0.481. The van der Waals surface area contributed by atoms with Crippen molar-refractivity contribution in [3.63, 3.8) is 0 Å². The summed E-state index contributed by atoms with van der Waals surface area (Å²) in [4.78, 5) is 27.3. The van der Waals surface area contributed by atoms with E-state index in [-0.39, 0.29) is 6.03 Å². The number of anilines is 1. The molecule has 0 aromatic carbocycles. The van der Waals surface area contributed by atoms with E-state index in [0.29, 0.717) is 23.0 Å². The molecular formula is C27H35N3O2S2.